The predicted octanol–water partition coefficient (Wildman–Crippen LogP) is 1.25. The van der Waals surface area contributed by atoms with Gasteiger partial charge in [-0.3, -0.25) is 4.79 Å². The van der Waals surface area contributed by atoms with Gasteiger partial charge >= 0.3 is 5.97 Å². The van der Waals surface area contributed by atoms with Crippen LogP contribution >= 0.6 is 0 Å². The standard InChI is InChI=1S/C16H16FN3O4/c1-10-13(8-18-20(10)12-4-2-11(17)3-5-12)15(21)19-6-7-24-14(9-19)16(22)23/h2-5,8,14H,6-7,9H2,1H3,(H,22,23). The van der Waals surface area contributed by atoms with Gasteiger partial charge in [-0.1, -0.05) is 0 Å². The molecule has 1 aliphatic heterocycles. The van der Waals surface area contributed by atoms with E-state index in [0.717, 1.165) is 0 Å². The van der Waals surface area contributed by atoms with Gasteiger partial charge in [0.2, 0.25) is 0 Å². The van der Waals surface area contributed by atoms with E-state index in [1.165, 1.54) is 23.2 Å². The molecule has 0 aliphatic carbocycles. The van der Waals surface area contributed by atoms with E-state index < -0.39 is 12.1 Å². The summed E-state index contributed by atoms with van der Waals surface area (Å²) in [6, 6.07) is 5.77. The minimum atomic E-state index is -1.09. The number of carboxylic acid groups (broad SMARTS) is 1. The molecule has 1 saturated heterocycles. The van der Waals surface area contributed by atoms with Gasteiger partial charge in [-0.15, -0.1) is 0 Å². The number of hydrogen-bond acceptors (Lipinski definition) is 4. The van der Waals surface area contributed by atoms with Crippen LogP contribution in [0.1, 0.15) is 16.1 Å². The third-order valence-corrected chi connectivity index (χ3v) is 3.94. The zero-order valence-electron chi connectivity index (χ0n) is 13.0. The fourth-order valence-electron chi connectivity index (χ4n) is 2.62. The molecule has 1 unspecified atom stereocenters. The van der Waals surface area contributed by atoms with E-state index in [2.05, 4.69) is 5.10 Å². The minimum Gasteiger partial charge on any atom is -0.479 e. The Hall–Kier alpha value is -2.74. The van der Waals surface area contributed by atoms with E-state index in [1.54, 1.807) is 23.7 Å². The van der Waals surface area contributed by atoms with E-state index in [9.17, 15) is 14.0 Å². The molecule has 1 N–H and O–H groups in total. The summed E-state index contributed by atoms with van der Waals surface area (Å²) < 4.78 is 19.7. The van der Waals surface area contributed by atoms with Gasteiger partial charge in [-0.05, 0) is 31.2 Å². The lowest BCUT2D eigenvalue weighted by Gasteiger charge is -2.30. The van der Waals surface area contributed by atoms with Crippen LogP contribution in [0.5, 0.6) is 0 Å². The highest BCUT2D eigenvalue weighted by Crippen LogP contribution is 2.18. The van der Waals surface area contributed by atoms with E-state index in [0.29, 0.717) is 23.5 Å². The zero-order valence-corrected chi connectivity index (χ0v) is 13.0. The first-order chi connectivity index (χ1) is 11.5. The van der Waals surface area contributed by atoms with Crippen molar-refractivity contribution in [3.05, 3.63) is 47.5 Å². The van der Waals surface area contributed by atoms with Crippen molar-refractivity contribution in [2.75, 3.05) is 19.7 Å². The molecule has 2 aromatic rings. The second kappa shape index (κ2) is 6.40. The Bertz CT molecular complexity index is 772. The van der Waals surface area contributed by atoms with Gasteiger partial charge in [0.25, 0.3) is 5.91 Å². The molecule has 3 rings (SSSR count). The molecule has 7 nitrogen and oxygen atoms in total. The Kier molecular flexibility index (Phi) is 4.30. The van der Waals surface area contributed by atoms with Crippen molar-refractivity contribution >= 4 is 11.9 Å². The molecule has 2 heterocycles. The zero-order chi connectivity index (χ0) is 17.3. The van der Waals surface area contributed by atoms with Gasteiger partial charge in [-0.2, -0.15) is 5.10 Å². The molecular weight excluding hydrogens is 317 g/mol. The Morgan fingerprint density at radius 3 is 2.71 bits per heavy atom. The van der Waals surface area contributed by atoms with Gasteiger partial charge in [-0.25, -0.2) is 13.9 Å². The average molecular weight is 333 g/mol. The van der Waals surface area contributed by atoms with Crippen molar-refractivity contribution in [3.63, 3.8) is 0 Å². The number of aliphatic carboxylic acids is 1. The summed E-state index contributed by atoms with van der Waals surface area (Å²) in [5.74, 6) is -1.74. The molecule has 0 spiro atoms. The molecule has 0 saturated carbocycles. The maximum absolute atomic E-state index is 13.0. The number of morpholine rings is 1. The second-order valence-corrected chi connectivity index (χ2v) is 5.48. The van der Waals surface area contributed by atoms with Crippen LogP contribution in [0.2, 0.25) is 0 Å². The third kappa shape index (κ3) is 3.00. The maximum Gasteiger partial charge on any atom is 0.334 e. The lowest BCUT2D eigenvalue weighted by atomic mass is 10.2. The summed E-state index contributed by atoms with van der Waals surface area (Å²) in [5, 5.41) is 13.2. The number of carbonyl (C=O) groups is 2. The monoisotopic (exact) mass is 333 g/mol. The summed E-state index contributed by atoms with van der Waals surface area (Å²) in [4.78, 5) is 25.1. The highest BCUT2D eigenvalue weighted by molar-refractivity contribution is 5.95. The molecule has 8 heteroatoms. The van der Waals surface area contributed by atoms with Gasteiger partial charge in [0.1, 0.15) is 5.82 Å². The van der Waals surface area contributed by atoms with Crippen LogP contribution in [-0.4, -0.2) is 57.5 Å². The largest absolute Gasteiger partial charge is 0.479 e. The van der Waals surface area contributed by atoms with Crippen molar-refractivity contribution in [1.82, 2.24) is 14.7 Å². The number of nitrogens with zero attached hydrogens (tertiary/aromatic N) is 3. The molecule has 0 bridgehead atoms. The molecule has 1 fully saturated rings. The number of halogens is 1. The Labute approximate surface area is 137 Å². The van der Waals surface area contributed by atoms with Crippen LogP contribution in [0.15, 0.2) is 30.5 Å². The number of ether oxygens (including phenoxy) is 1. The quantitative estimate of drug-likeness (QED) is 0.914. The van der Waals surface area contributed by atoms with E-state index >= 15 is 0 Å². The third-order valence-electron chi connectivity index (χ3n) is 3.94. The van der Waals surface area contributed by atoms with Gasteiger partial charge in [0, 0.05) is 6.54 Å². The molecule has 1 aliphatic rings. The number of aromatic nitrogens is 2. The van der Waals surface area contributed by atoms with Crippen molar-refractivity contribution in [1.29, 1.82) is 0 Å². The highest BCUT2D eigenvalue weighted by Gasteiger charge is 2.30. The smallest absolute Gasteiger partial charge is 0.334 e. The molecule has 24 heavy (non-hydrogen) atoms. The van der Waals surface area contributed by atoms with Gasteiger partial charge in [0.05, 0.1) is 36.3 Å². The Morgan fingerprint density at radius 1 is 1.33 bits per heavy atom. The molecule has 1 amide bonds. The van der Waals surface area contributed by atoms with Gasteiger partial charge in [0.15, 0.2) is 6.10 Å². The molecular formula is C16H16FN3O4. The number of amides is 1. The molecule has 1 atom stereocenters. The normalized spacial score (nSPS) is 17.8. The summed E-state index contributed by atoms with van der Waals surface area (Å²) in [7, 11) is 0. The van der Waals surface area contributed by atoms with E-state index in [1.807, 2.05) is 0 Å². The van der Waals surface area contributed by atoms with Crippen molar-refractivity contribution in [3.8, 4) is 5.69 Å². The first-order valence-electron chi connectivity index (χ1n) is 7.41. The topological polar surface area (TPSA) is 84.7 Å². The van der Waals surface area contributed by atoms with Crippen LogP contribution < -0.4 is 0 Å². The molecule has 0 radical (unpaired) electrons. The lowest BCUT2D eigenvalue weighted by Crippen LogP contribution is -2.48. The SMILES string of the molecule is Cc1c(C(=O)N2CCOC(C(=O)O)C2)cnn1-c1ccc(F)cc1. The van der Waals surface area contributed by atoms with Crippen LogP contribution in [0, 0.1) is 12.7 Å². The van der Waals surface area contributed by atoms with Crippen LogP contribution in [0.4, 0.5) is 4.39 Å². The van der Waals surface area contributed by atoms with Gasteiger partial charge < -0.3 is 14.7 Å². The summed E-state index contributed by atoms with van der Waals surface area (Å²) >= 11 is 0. The number of carboxylic acids is 1. The summed E-state index contributed by atoms with van der Waals surface area (Å²) in [6.07, 6.45) is 0.418. The second-order valence-electron chi connectivity index (χ2n) is 5.48. The maximum atomic E-state index is 13.0. The lowest BCUT2D eigenvalue weighted by molar-refractivity contribution is -0.154. The number of hydrogen-bond donors (Lipinski definition) is 1. The number of rotatable bonds is 3. The highest BCUT2D eigenvalue weighted by atomic mass is 19.1. The van der Waals surface area contributed by atoms with Crippen molar-refractivity contribution in [2.45, 2.75) is 13.0 Å². The summed E-state index contributed by atoms with van der Waals surface area (Å²) in [5.41, 5.74) is 1.62. The van der Waals surface area contributed by atoms with Crippen LogP contribution in [0.3, 0.4) is 0 Å². The van der Waals surface area contributed by atoms with Crippen molar-refractivity contribution in [2.24, 2.45) is 0 Å². The Balaban J connectivity index is 1.83. The molecule has 1 aromatic heterocycles. The van der Waals surface area contributed by atoms with Crippen LogP contribution in [0.25, 0.3) is 5.69 Å². The Morgan fingerprint density at radius 2 is 2.04 bits per heavy atom. The minimum absolute atomic E-state index is 0.00463. The summed E-state index contributed by atoms with van der Waals surface area (Å²) in [6.45, 7) is 2.23. The first-order valence-corrected chi connectivity index (χ1v) is 7.41. The molecule has 1 aromatic carbocycles. The fraction of sp³-hybridized carbons (Fsp3) is 0.312. The van der Waals surface area contributed by atoms with E-state index in [-0.39, 0.29) is 24.9 Å². The van der Waals surface area contributed by atoms with Crippen molar-refractivity contribution < 1.29 is 23.8 Å². The molecule has 126 valence electrons. The predicted molar refractivity (Wildman–Crippen MR) is 81.5 cm³/mol. The number of carbonyl (C=O) groups excluding carboxylic acids is 1. The van der Waals surface area contributed by atoms with Crippen LogP contribution in [-0.2, 0) is 9.53 Å². The average Bonchev–Trinajstić information content (AvgIpc) is 2.96. The first kappa shape index (κ1) is 16.1. The number of benzene rings is 1. The fourth-order valence-corrected chi connectivity index (χ4v) is 2.62. The van der Waals surface area contributed by atoms with E-state index in [4.69, 9.17) is 9.84 Å².